The minimum atomic E-state index is -0.936. The zero-order chi connectivity index (χ0) is 45.9. The quantitative estimate of drug-likeness (QED) is 0.121. The van der Waals surface area contributed by atoms with E-state index in [0.717, 1.165) is 12.0 Å². The largest absolute Gasteiger partial charge is 0.445 e. The Bertz CT molecular complexity index is 1760. The van der Waals surface area contributed by atoms with Gasteiger partial charge in [0.1, 0.15) is 12.6 Å². The SMILES string of the molecule is CCC(C)C(C(CC(=O)N1CCCC1C(CC(=O)NCCc1ccc(C)cc1)OC)OC)N(C)C(=O)CNC(=O)C(C(C)C)N(C)C(=O)OCc1ccc(NC(=O)CNC)cc1. The number of likely N-dealkylation sites (N-methyl/N-ethyl adjacent to an activating group) is 3. The number of benzene rings is 2. The van der Waals surface area contributed by atoms with Crippen LogP contribution in [0.5, 0.6) is 0 Å². The van der Waals surface area contributed by atoms with Gasteiger partial charge in [0.05, 0.1) is 50.2 Å². The third kappa shape index (κ3) is 15.4. The van der Waals surface area contributed by atoms with E-state index in [0.29, 0.717) is 43.6 Å². The van der Waals surface area contributed by atoms with E-state index in [1.165, 1.54) is 29.5 Å². The summed E-state index contributed by atoms with van der Waals surface area (Å²) in [6.45, 7) is 10.4. The smallest absolute Gasteiger partial charge is 0.410 e. The van der Waals surface area contributed by atoms with Crippen molar-refractivity contribution in [1.29, 1.82) is 0 Å². The number of rotatable bonds is 24. The molecule has 0 spiro atoms. The van der Waals surface area contributed by atoms with Gasteiger partial charge in [0.25, 0.3) is 0 Å². The van der Waals surface area contributed by atoms with Crippen LogP contribution < -0.4 is 21.3 Å². The highest BCUT2D eigenvalue weighted by Crippen LogP contribution is 2.28. The number of nitrogens with zero attached hydrogens (tertiary/aromatic N) is 3. The van der Waals surface area contributed by atoms with Crippen LogP contribution in [0.25, 0.3) is 0 Å². The lowest BCUT2D eigenvalue weighted by molar-refractivity contribution is -0.144. The predicted molar refractivity (Wildman–Crippen MR) is 238 cm³/mol. The standard InChI is InChI=1S/C46H71N7O9/c1-11-32(5)44(38(61-10)26-41(56)53-24-12-13-36(53)37(60-9)25-39(54)48-23-22-33-16-14-31(4)15-17-33)51(7)42(57)28-49-45(58)43(30(2)3)52(8)46(59)62-29-34-18-20-35(21-19-34)50-40(55)27-47-6/h14-21,30,32,36-38,43-44,47H,11-13,22-29H2,1-10H3,(H,48,54)(H,49,58)(H,50,55). The number of hydrogen-bond donors (Lipinski definition) is 4. The van der Waals surface area contributed by atoms with Gasteiger partial charge in [-0.05, 0) is 68.3 Å². The second-order valence-corrected chi connectivity index (χ2v) is 16.6. The molecule has 0 radical (unpaired) electrons. The van der Waals surface area contributed by atoms with Gasteiger partial charge < -0.3 is 45.3 Å². The van der Waals surface area contributed by atoms with Crippen LogP contribution in [-0.4, -0.2) is 142 Å². The van der Waals surface area contributed by atoms with Crippen LogP contribution in [0.15, 0.2) is 48.5 Å². The lowest BCUT2D eigenvalue weighted by atomic mass is 9.90. The summed E-state index contributed by atoms with van der Waals surface area (Å²) < 4.78 is 17.3. The Kier molecular flexibility index (Phi) is 21.3. The van der Waals surface area contributed by atoms with E-state index in [1.54, 1.807) is 64.2 Å². The molecular formula is C46H71N7O9. The summed E-state index contributed by atoms with van der Waals surface area (Å²) >= 11 is 0. The average molecular weight is 866 g/mol. The zero-order valence-electron chi connectivity index (χ0n) is 38.5. The highest BCUT2D eigenvalue weighted by molar-refractivity contribution is 5.92. The molecule has 0 bridgehead atoms. The molecule has 0 aliphatic carbocycles. The number of carbonyl (C=O) groups excluding carboxylic acids is 6. The zero-order valence-corrected chi connectivity index (χ0v) is 38.5. The maximum absolute atomic E-state index is 14.0. The van der Waals surface area contributed by atoms with Gasteiger partial charge in [-0.1, -0.05) is 76.1 Å². The second kappa shape index (κ2) is 25.8. The molecule has 1 aliphatic rings. The fraction of sp³-hybridized carbons (Fsp3) is 0.609. The summed E-state index contributed by atoms with van der Waals surface area (Å²) in [6, 6.07) is 13.3. The third-order valence-electron chi connectivity index (χ3n) is 11.7. The molecule has 16 heteroatoms. The molecule has 0 aromatic heterocycles. The van der Waals surface area contributed by atoms with Crippen LogP contribution in [0.3, 0.4) is 0 Å². The number of anilines is 1. The van der Waals surface area contributed by atoms with Crippen molar-refractivity contribution in [2.45, 2.75) is 110 Å². The van der Waals surface area contributed by atoms with Crippen LogP contribution in [0, 0.1) is 18.8 Å². The van der Waals surface area contributed by atoms with Gasteiger partial charge in [0.2, 0.25) is 29.5 Å². The summed E-state index contributed by atoms with van der Waals surface area (Å²) in [6.07, 6.45) is 1.14. The Balaban J connectivity index is 1.58. The molecule has 1 heterocycles. The second-order valence-electron chi connectivity index (χ2n) is 16.6. The summed E-state index contributed by atoms with van der Waals surface area (Å²) in [5, 5.41) is 11.3. The van der Waals surface area contributed by atoms with E-state index in [9.17, 15) is 28.8 Å². The first-order chi connectivity index (χ1) is 29.5. The lowest BCUT2D eigenvalue weighted by Crippen LogP contribution is -2.55. The summed E-state index contributed by atoms with van der Waals surface area (Å²) in [5.74, 6) is -1.76. The van der Waals surface area contributed by atoms with E-state index < -0.39 is 36.3 Å². The van der Waals surface area contributed by atoms with Crippen molar-refractivity contribution in [3.8, 4) is 0 Å². The van der Waals surface area contributed by atoms with E-state index in [1.807, 2.05) is 32.9 Å². The Morgan fingerprint density at radius 2 is 1.50 bits per heavy atom. The monoisotopic (exact) mass is 866 g/mol. The first-order valence-electron chi connectivity index (χ1n) is 21.7. The topological polar surface area (TPSA) is 188 Å². The molecule has 16 nitrogen and oxygen atoms in total. The number of methoxy groups -OCH3 is 2. The van der Waals surface area contributed by atoms with E-state index in [2.05, 4.69) is 33.4 Å². The maximum atomic E-state index is 14.0. The highest BCUT2D eigenvalue weighted by atomic mass is 16.6. The predicted octanol–water partition coefficient (Wildman–Crippen LogP) is 3.90. The number of likely N-dealkylation sites (tertiary alicyclic amines) is 1. The van der Waals surface area contributed by atoms with Crippen LogP contribution in [-0.2, 0) is 51.2 Å². The van der Waals surface area contributed by atoms with Gasteiger partial charge in [0, 0.05) is 47.1 Å². The minimum absolute atomic E-state index is 0.00484. The number of hydrogen-bond acceptors (Lipinski definition) is 10. The Hall–Kier alpha value is -5.06. The van der Waals surface area contributed by atoms with Crippen molar-refractivity contribution in [3.63, 3.8) is 0 Å². The molecule has 6 atom stereocenters. The van der Waals surface area contributed by atoms with Crippen molar-refractivity contribution in [3.05, 3.63) is 65.2 Å². The normalized spacial score (nSPS) is 16.1. The van der Waals surface area contributed by atoms with Crippen molar-refractivity contribution in [2.75, 3.05) is 66.9 Å². The molecule has 62 heavy (non-hydrogen) atoms. The Morgan fingerprint density at radius 3 is 2.10 bits per heavy atom. The molecule has 4 N–H and O–H groups in total. The van der Waals surface area contributed by atoms with Gasteiger partial charge >= 0.3 is 6.09 Å². The van der Waals surface area contributed by atoms with Crippen molar-refractivity contribution < 1.29 is 43.0 Å². The van der Waals surface area contributed by atoms with Gasteiger partial charge in [0.15, 0.2) is 0 Å². The molecule has 1 fully saturated rings. The molecule has 1 aliphatic heterocycles. The molecule has 3 rings (SSSR count). The van der Waals surface area contributed by atoms with Gasteiger partial charge in [-0.3, -0.25) is 28.9 Å². The average Bonchev–Trinajstić information content (AvgIpc) is 3.74. The maximum Gasteiger partial charge on any atom is 0.410 e. The molecule has 1 saturated heterocycles. The fourth-order valence-corrected chi connectivity index (χ4v) is 7.99. The summed E-state index contributed by atoms with van der Waals surface area (Å²) in [4.78, 5) is 83.8. The summed E-state index contributed by atoms with van der Waals surface area (Å²) in [5.41, 5.74) is 3.61. The molecule has 344 valence electrons. The highest BCUT2D eigenvalue weighted by Gasteiger charge is 2.40. The number of aryl methyl sites for hydroxylation is 1. The fourth-order valence-electron chi connectivity index (χ4n) is 7.99. The first-order valence-corrected chi connectivity index (χ1v) is 21.7. The van der Waals surface area contributed by atoms with E-state index in [4.69, 9.17) is 14.2 Å². The molecule has 6 amide bonds. The van der Waals surface area contributed by atoms with Crippen LogP contribution >= 0.6 is 0 Å². The molecule has 2 aromatic rings. The summed E-state index contributed by atoms with van der Waals surface area (Å²) in [7, 11) is 7.89. The van der Waals surface area contributed by atoms with Crippen LogP contribution in [0.1, 0.15) is 76.5 Å². The van der Waals surface area contributed by atoms with Crippen LogP contribution in [0.2, 0.25) is 0 Å². The third-order valence-corrected chi connectivity index (χ3v) is 11.7. The number of carbonyl (C=O) groups is 6. The van der Waals surface area contributed by atoms with Crippen LogP contribution in [0.4, 0.5) is 10.5 Å². The van der Waals surface area contributed by atoms with Gasteiger partial charge in [-0.25, -0.2) is 4.79 Å². The van der Waals surface area contributed by atoms with Crippen molar-refractivity contribution in [1.82, 2.24) is 30.7 Å². The Morgan fingerprint density at radius 1 is 0.839 bits per heavy atom. The first kappa shape index (κ1) is 51.3. The van der Waals surface area contributed by atoms with Crippen molar-refractivity contribution in [2.24, 2.45) is 11.8 Å². The van der Waals surface area contributed by atoms with Gasteiger partial charge in [-0.15, -0.1) is 0 Å². The van der Waals surface area contributed by atoms with Gasteiger partial charge in [-0.2, -0.15) is 0 Å². The minimum Gasteiger partial charge on any atom is -0.445 e. The molecule has 6 unspecified atom stereocenters. The lowest BCUT2D eigenvalue weighted by Gasteiger charge is -2.39. The molecular weight excluding hydrogens is 795 g/mol. The number of ether oxygens (including phenoxy) is 3. The van der Waals surface area contributed by atoms with Crippen molar-refractivity contribution >= 4 is 41.3 Å². The van der Waals surface area contributed by atoms with E-state index >= 15 is 0 Å². The number of nitrogens with one attached hydrogen (secondary N) is 4. The molecule has 2 aromatic carbocycles. The molecule has 0 saturated carbocycles. The van der Waals surface area contributed by atoms with E-state index in [-0.39, 0.29) is 74.0 Å². The Labute approximate surface area is 368 Å². The number of amides is 6.